The number of rotatable bonds is 2. The van der Waals surface area contributed by atoms with E-state index in [1.165, 1.54) is 17.7 Å². The summed E-state index contributed by atoms with van der Waals surface area (Å²) in [7, 11) is 0. The Labute approximate surface area is 157 Å². The zero-order chi connectivity index (χ0) is 18.5. The smallest absolute Gasteiger partial charge is 0.254 e. The summed E-state index contributed by atoms with van der Waals surface area (Å²) in [5.41, 5.74) is 3.53. The molecule has 3 aliphatic heterocycles. The van der Waals surface area contributed by atoms with E-state index in [0.717, 1.165) is 36.9 Å². The van der Waals surface area contributed by atoms with Crippen LogP contribution < -0.4 is 5.32 Å². The molecule has 1 N–H and O–H groups in total. The summed E-state index contributed by atoms with van der Waals surface area (Å²) in [6.07, 6.45) is 4.29. The molecule has 1 unspecified atom stereocenters. The molecule has 0 radical (unpaired) electrons. The van der Waals surface area contributed by atoms with Crippen molar-refractivity contribution in [2.45, 2.75) is 50.1 Å². The molecule has 0 aliphatic carbocycles. The van der Waals surface area contributed by atoms with Crippen LogP contribution in [0.25, 0.3) is 0 Å². The van der Waals surface area contributed by atoms with Gasteiger partial charge >= 0.3 is 0 Å². The van der Waals surface area contributed by atoms with Crippen LogP contribution in [-0.2, 0) is 11.2 Å². The van der Waals surface area contributed by atoms with E-state index in [1.54, 1.807) is 0 Å². The summed E-state index contributed by atoms with van der Waals surface area (Å²) in [5, 5.41) is 2.83. The molecule has 138 valence electrons. The molecule has 3 aliphatic rings. The summed E-state index contributed by atoms with van der Waals surface area (Å²) in [6.45, 7) is 0. The Morgan fingerprint density at radius 1 is 1.04 bits per heavy atom. The van der Waals surface area contributed by atoms with Gasteiger partial charge in [0.05, 0.1) is 6.42 Å². The van der Waals surface area contributed by atoms with Gasteiger partial charge < -0.3 is 10.2 Å². The SMILES string of the molecule is O=C1Cc2ccc(C(=O)N3[C@@H]4CC[C@H]3CC(c3ccc(F)cc3)C4)cc2N1. The zero-order valence-corrected chi connectivity index (χ0v) is 15.0. The first-order valence-electron chi connectivity index (χ1n) is 9.59. The van der Waals surface area contributed by atoms with Crippen molar-refractivity contribution in [2.75, 3.05) is 5.32 Å². The van der Waals surface area contributed by atoms with Crippen molar-refractivity contribution in [1.82, 2.24) is 4.90 Å². The lowest BCUT2D eigenvalue weighted by atomic mass is 9.84. The van der Waals surface area contributed by atoms with Gasteiger partial charge in [0.25, 0.3) is 5.91 Å². The molecular weight excluding hydrogens is 343 g/mol. The molecule has 2 aromatic carbocycles. The number of piperidine rings is 1. The Kier molecular flexibility index (Phi) is 3.78. The van der Waals surface area contributed by atoms with Crippen LogP contribution in [0.15, 0.2) is 42.5 Å². The minimum absolute atomic E-state index is 0.0187. The molecule has 5 rings (SSSR count). The topological polar surface area (TPSA) is 49.4 Å². The lowest BCUT2D eigenvalue weighted by Gasteiger charge is -2.39. The summed E-state index contributed by atoms with van der Waals surface area (Å²) in [4.78, 5) is 26.8. The number of anilines is 1. The van der Waals surface area contributed by atoms with Gasteiger partial charge in [0.15, 0.2) is 0 Å². The fourth-order valence-electron chi connectivity index (χ4n) is 5.01. The molecule has 0 saturated carbocycles. The van der Waals surface area contributed by atoms with Crippen LogP contribution >= 0.6 is 0 Å². The molecule has 3 atom stereocenters. The van der Waals surface area contributed by atoms with Gasteiger partial charge in [-0.2, -0.15) is 0 Å². The lowest BCUT2D eigenvalue weighted by molar-refractivity contribution is -0.115. The Hall–Kier alpha value is -2.69. The third-order valence-corrected chi connectivity index (χ3v) is 6.29. The largest absolute Gasteiger partial charge is 0.333 e. The predicted molar refractivity (Wildman–Crippen MR) is 100 cm³/mol. The number of hydrogen-bond donors (Lipinski definition) is 1. The predicted octanol–water partition coefficient (Wildman–Crippen LogP) is 3.87. The first-order chi connectivity index (χ1) is 13.1. The second kappa shape index (κ2) is 6.19. The molecule has 5 heteroatoms. The number of halogens is 1. The summed E-state index contributed by atoms with van der Waals surface area (Å²) < 4.78 is 13.2. The number of carbonyl (C=O) groups excluding carboxylic acids is 2. The number of fused-ring (bicyclic) bond motifs is 3. The number of hydrogen-bond acceptors (Lipinski definition) is 2. The maximum absolute atomic E-state index is 13.2. The molecular formula is C22H21FN2O2. The molecule has 3 heterocycles. The number of benzene rings is 2. The Bertz CT molecular complexity index is 910. The first-order valence-corrected chi connectivity index (χ1v) is 9.59. The van der Waals surface area contributed by atoms with Crippen LogP contribution in [0, 0.1) is 5.82 Å². The third kappa shape index (κ3) is 2.82. The van der Waals surface area contributed by atoms with Crippen molar-refractivity contribution in [3.63, 3.8) is 0 Å². The van der Waals surface area contributed by atoms with Crippen LogP contribution in [-0.4, -0.2) is 28.8 Å². The Morgan fingerprint density at radius 2 is 1.74 bits per heavy atom. The molecule has 27 heavy (non-hydrogen) atoms. The van der Waals surface area contributed by atoms with Crippen molar-refractivity contribution in [3.8, 4) is 0 Å². The molecule has 0 spiro atoms. The monoisotopic (exact) mass is 364 g/mol. The first kappa shape index (κ1) is 16.5. The van der Waals surface area contributed by atoms with Crippen LogP contribution in [0.3, 0.4) is 0 Å². The van der Waals surface area contributed by atoms with Gasteiger partial charge in [-0.15, -0.1) is 0 Å². The standard InChI is InChI=1S/C22H21FN2O2/c23-17-5-3-13(4-6-17)16-9-18-7-8-19(10-16)25(18)22(27)15-2-1-14-12-21(26)24-20(14)11-15/h1-6,11,16,18-19H,7-10,12H2,(H,24,26)/t16?,18-,19+. The van der Waals surface area contributed by atoms with Crippen molar-refractivity contribution in [2.24, 2.45) is 0 Å². The van der Waals surface area contributed by atoms with Gasteiger partial charge in [-0.1, -0.05) is 18.2 Å². The van der Waals surface area contributed by atoms with Crippen LogP contribution in [0.4, 0.5) is 10.1 Å². The van der Waals surface area contributed by atoms with Gasteiger partial charge in [0.1, 0.15) is 5.82 Å². The molecule has 2 bridgehead atoms. The highest BCUT2D eigenvalue weighted by molar-refractivity contribution is 6.02. The quantitative estimate of drug-likeness (QED) is 0.879. The van der Waals surface area contributed by atoms with Crippen molar-refractivity contribution < 1.29 is 14.0 Å². The van der Waals surface area contributed by atoms with E-state index in [2.05, 4.69) is 10.2 Å². The van der Waals surface area contributed by atoms with Crippen LogP contribution in [0.5, 0.6) is 0 Å². The van der Waals surface area contributed by atoms with E-state index in [4.69, 9.17) is 0 Å². The summed E-state index contributed by atoms with van der Waals surface area (Å²) in [5.74, 6) is 0.211. The van der Waals surface area contributed by atoms with E-state index in [-0.39, 0.29) is 29.7 Å². The van der Waals surface area contributed by atoms with E-state index in [9.17, 15) is 14.0 Å². The maximum Gasteiger partial charge on any atom is 0.254 e. The molecule has 2 aromatic rings. The van der Waals surface area contributed by atoms with Gasteiger partial charge in [-0.05, 0) is 67.0 Å². The van der Waals surface area contributed by atoms with E-state index >= 15 is 0 Å². The fraction of sp³-hybridized carbons (Fsp3) is 0.364. The van der Waals surface area contributed by atoms with Gasteiger partial charge in [-0.3, -0.25) is 9.59 Å². The fourth-order valence-corrected chi connectivity index (χ4v) is 5.01. The minimum atomic E-state index is -0.210. The van der Waals surface area contributed by atoms with Gasteiger partial charge in [0, 0.05) is 23.3 Å². The second-order valence-electron chi connectivity index (χ2n) is 7.91. The number of nitrogens with zero attached hydrogens (tertiary/aromatic N) is 1. The van der Waals surface area contributed by atoms with E-state index < -0.39 is 0 Å². The molecule has 0 aromatic heterocycles. The highest BCUT2D eigenvalue weighted by Gasteiger charge is 2.43. The summed E-state index contributed by atoms with van der Waals surface area (Å²) >= 11 is 0. The van der Waals surface area contributed by atoms with Crippen molar-refractivity contribution >= 4 is 17.5 Å². The van der Waals surface area contributed by atoms with Gasteiger partial charge in [0.2, 0.25) is 5.91 Å². The molecule has 2 fully saturated rings. The van der Waals surface area contributed by atoms with Crippen molar-refractivity contribution in [1.29, 1.82) is 0 Å². The number of nitrogens with one attached hydrogen (secondary N) is 1. The Morgan fingerprint density at radius 3 is 2.44 bits per heavy atom. The lowest BCUT2D eigenvalue weighted by Crippen LogP contribution is -2.46. The molecule has 4 nitrogen and oxygen atoms in total. The van der Waals surface area contributed by atoms with Crippen LogP contribution in [0.1, 0.15) is 53.1 Å². The average molecular weight is 364 g/mol. The highest BCUT2D eigenvalue weighted by atomic mass is 19.1. The van der Waals surface area contributed by atoms with Crippen molar-refractivity contribution in [3.05, 3.63) is 65.0 Å². The van der Waals surface area contributed by atoms with Crippen LogP contribution in [0.2, 0.25) is 0 Å². The zero-order valence-electron chi connectivity index (χ0n) is 15.0. The number of carbonyl (C=O) groups is 2. The van der Waals surface area contributed by atoms with Gasteiger partial charge in [-0.25, -0.2) is 4.39 Å². The summed E-state index contributed by atoms with van der Waals surface area (Å²) in [6, 6.07) is 12.8. The van der Waals surface area contributed by atoms with E-state index in [1.807, 2.05) is 30.3 Å². The minimum Gasteiger partial charge on any atom is -0.333 e. The third-order valence-electron chi connectivity index (χ3n) is 6.29. The molecule has 2 amide bonds. The normalized spacial score (nSPS) is 26.0. The average Bonchev–Trinajstić information content (AvgIpc) is 3.16. The Balaban J connectivity index is 1.36. The van der Waals surface area contributed by atoms with E-state index in [0.29, 0.717) is 17.9 Å². The highest BCUT2D eigenvalue weighted by Crippen LogP contribution is 2.44. The number of amides is 2. The maximum atomic E-state index is 13.2. The second-order valence-corrected chi connectivity index (χ2v) is 7.91. The molecule has 2 saturated heterocycles.